The number of nitrogens with zero attached hydrogens (tertiary/aromatic N) is 3. The average Bonchev–Trinajstić information content (AvgIpc) is 3.10. The standard InChI is InChI=1S/C21H27FN4O/c1-25-11-8-19(15-25)14-24-21(27)26(16-18-3-2-10-23-13-18)12-9-17-4-6-20(22)7-5-17/h2-7,10,13,19H,8-9,11-12,14-16H2,1H3,(H,24,27). The molecular formula is C21H27FN4O. The van der Waals surface area contributed by atoms with Crippen LogP contribution in [0, 0.1) is 11.7 Å². The molecule has 2 heterocycles. The third kappa shape index (κ3) is 6.03. The average molecular weight is 370 g/mol. The molecule has 1 saturated heterocycles. The summed E-state index contributed by atoms with van der Waals surface area (Å²) in [5.41, 5.74) is 2.00. The molecule has 1 unspecified atom stereocenters. The van der Waals surface area contributed by atoms with E-state index >= 15 is 0 Å². The van der Waals surface area contributed by atoms with E-state index in [0.717, 1.165) is 30.6 Å². The Balaban J connectivity index is 1.59. The Hall–Kier alpha value is -2.47. The minimum absolute atomic E-state index is 0.0597. The van der Waals surface area contributed by atoms with Crippen LogP contribution < -0.4 is 5.32 Å². The van der Waals surface area contributed by atoms with Crippen molar-refractivity contribution < 1.29 is 9.18 Å². The largest absolute Gasteiger partial charge is 0.338 e. The van der Waals surface area contributed by atoms with Crippen molar-refractivity contribution in [3.05, 3.63) is 65.7 Å². The summed E-state index contributed by atoms with van der Waals surface area (Å²) in [4.78, 5) is 21.0. The molecule has 2 aromatic rings. The first kappa shape index (κ1) is 19.3. The molecule has 3 rings (SSSR count). The molecule has 1 aromatic heterocycles. The zero-order chi connectivity index (χ0) is 19.1. The van der Waals surface area contributed by atoms with Gasteiger partial charge >= 0.3 is 6.03 Å². The van der Waals surface area contributed by atoms with Crippen LogP contribution in [-0.2, 0) is 13.0 Å². The summed E-state index contributed by atoms with van der Waals surface area (Å²) in [6.07, 6.45) is 5.31. The Bertz CT molecular complexity index is 723. The van der Waals surface area contributed by atoms with Gasteiger partial charge in [-0.15, -0.1) is 0 Å². The van der Waals surface area contributed by atoms with Crippen molar-refractivity contribution in [1.82, 2.24) is 20.1 Å². The van der Waals surface area contributed by atoms with Crippen molar-refractivity contribution in [2.45, 2.75) is 19.4 Å². The van der Waals surface area contributed by atoms with E-state index in [1.165, 1.54) is 12.1 Å². The number of halogens is 1. The molecule has 1 atom stereocenters. The van der Waals surface area contributed by atoms with Gasteiger partial charge in [0.25, 0.3) is 0 Å². The van der Waals surface area contributed by atoms with Crippen LogP contribution >= 0.6 is 0 Å². The van der Waals surface area contributed by atoms with Gasteiger partial charge in [-0.25, -0.2) is 9.18 Å². The maximum atomic E-state index is 13.1. The highest BCUT2D eigenvalue weighted by Gasteiger charge is 2.21. The second kappa shape index (κ2) is 9.46. The minimum Gasteiger partial charge on any atom is -0.338 e. The van der Waals surface area contributed by atoms with Gasteiger partial charge in [0.05, 0.1) is 0 Å². The normalized spacial score (nSPS) is 17.0. The van der Waals surface area contributed by atoms with E-state index in [0.29, 0.717) is 32.0 Å². The lowest BCUT2D eigenvalue weighted by atomic mass is 10.1. The van der Waals surface area contributed by atoms with Gasteiger partial charge in [0.2, 0.25) is 0 Å². The molecule has 1 aliphatic rings. The third-order valence-electron chi connectivity index (χ3n) is 5.00. The highest BCUT2D eigenvalue weighted by Crippen LogP contribution is 2.13. The fourth-order valence-electron chi connectivity index (χ4n) is 3.42. The van der Waals surface area contributed by atoms with Gasteiger partial charge < -0.3 is 15.1 Å². The second-order valence-corrected chi connectivity index (χ2v) is 7.26. The molecule has 0 bridgehead atoms. The first-order valence-corrected chi connectivity index (χ1v) is 9.45. The highest BCUT2D eigenvalue weighted by molar-refractivity contribution is 5.74. The molecule has 27 heavy (non-hydrogen) atoms. The highest BCUT2D eigenvalue weighted by atomic mass is 19.1. The third-order valence-corrected chi connectivity index (χ3v) is 5.00. The summed E-state index contributed by atoms with van der Waals surface area (Å²) in [7, 11) is 2.11. The van der Waals surface area contributed by atoms with Crippen molar-refractivity contribution >= 4 is 6.03 Å². The number of hydrogen-bond acceptors (Lipinski definition) is 3. The summed E-state index contributed by atoms with van der Waals surface area (Å²) in [6, 6.07) is 10.2. The number of pyridine rings is 1. The van der Waals surface area contributed by atoms with Gasteiger partial charge in [0.15, 0.2) is 0 Å². The molecule has 5 nitrogen and oxygen atoms in total. The number of rotatable bonds is 7. The van der Waals surface area contributed by atoms with E-state index in [9.17, 15) is 9.18 Å². The van der Waals surface area contributed by atoms with Gasteiger partial charge in [-0.05, 0) is 61.7 Å². The second-order valence-electron chi connectivity index (χ2n) is 7.26. The van der Waals surface area contributed by atoms with Gasteiger partial charge in [-0.3, -0.25) is 4.98 Å². The lowest BCUT2D eigenvalue weighted by Crippen LogP contribution is -2.42. The first-order valence-electron chi connectivity index (χ1n) is 9.45. The maximum Gasteiger partial charge on any atom is 0.317 e. The number of amides is 2. The number of hydrogen-bond donors (Lipinski definition) is 1. The van der Waals surface area contributed by atoms with Crippen LogP contribution in [0.5, 0.6) is 0 Å². The maximum absolute atomic E-state index is 13.1. The number of carbonyl (C=O) groups is 1. The fourth-order valence-corrected chi connectivity index (χ4v) is 3.42. The van der Waals surface area contributed by atoms with E-state index in [2.05, 4.69) is 22.2 Å². The van der Waals surface area contributed by atoms with Gasteiger partial charge in [-0.2, -0.15) is 0 Å². The van der Waals surface area contributed by atoms with Crippen molar-refractivity contribution in [3.63, 3.8) is 0 Å². The van der Waals surface area contributed by atoms with Crippen LogP contribution in [0.1, 0.15) is 17.5 Å². The summed E-state index contributed by atoms with van der Waals surface area (Å²) >= 11 is 0. The Labute approximate surface area is 160 Å². The minimum atomic E-state index is -0.245. The molecule has 1 N–H and O–H groups in total. The zero-order valence-electron chi connectivity index (χ0n) is 15.8. The molecule has 2 amide bonds. The Morgan fingerprint density at radius 1 is 1.30 bits per heavy atom. The van der Waals surface area contributed by atoms with Gasteiger partial charge in [-0.1, -0.05) is 18.2 Å². The number of nitrogens with one attached hydrogen (secondary N) is 1. The van der Waals surface area contributed by atoms with Gasteiger partial charge in [0, 0.05) is 38.6 Å². The molecule has 6 heteroatoms. The number of aromatic nitrogens is 1. The SMILES string of the molecule is CN1CCC(CNC(=O)N(CCc2ccc(F)cc2)Cc2cccnc2)C1. The van der Waals surface area contributed by atoms with Gasteiger partial charge in [0.1, 0.15) is 5.82 Å². The number of benzene rings is 1. The predicted octanol–water partition coefficient (Wildman–Crippen LogP) is 2.93. The molecular weight excluding hydrogens is 343 g/mol. The predicted molar refractivity (Wildman–Crippen MR) is 104 cm³/mol. The van der Waals surface area contributed by atoms with E-state index < -0.39 is 0 Å². The van der Waals surface area contributed by atoms with Crippen molar-refractivity contribution in [2.24, 2.45) is 5.92 Å². The van der Waals surface area contributed by atoms with Crippen LogP contribution in [0.4, 0.5) is 9.18 Å². The van der Waals surface area contributed by atoms with Crippen LogP contribution in [0.25, 0.3) is 0 Å². The number of urea groups is 1. The quantitative estimate of drug-likeness (QED) is 0.815. The molecule has 1 aliphatic heterocycles. The molecule has 144 valence electrons. The molecule has 0 aliphatic carbocycles. The fraction of sp³-hybridized carbons (Fsp3) is 0.429. The molecule has 0 saturated carbocycles. The van der Waals surface area contributed by atoms with Crippen LogP contribution in [0.15, 0.2) is 48.8 Å². The lowest BCUT2D eigenvalue weighted by molar-refractivity contribution is 0.194. The van der Waals surface area contributed by atoms with E-state index in [-0.39, 0.29) is 11.8 Å². The monoisotopic (exact) mass is 370 g/mol. The summed E-state index contributed by atoms with van der Waals surface area (Å²) in [5.74, 6) is 0.265. The van der Waals surface area contributed by atoms with Crippen molar-refractivity contribution in [2.75, 3.05) is 33.2 Å². The molecule has 1 fully saturated rings. The summed E-state index contributed by atoms with van der Waals surface area (Å²) < 4.78 is 13.1. The van der Waals surface area contributed by atoms with Crippen LogP contribution in [0.2, 0.25) is 0 Å². The van der Waals surface area contributed by atoms with E-state index in [1.54, 1.807) is 29.4 Å². The molecule has 0 spiro atoms. The first-order chi connectivity index (χ1) is 13.1. The van der Waals surface area contributed by atoms with E-state index in [4.69, 9.17) is 0 Å². The van der Waals surface area contributed by atoms with E-state index in [1.807, 2.05) is 12.1 Å². The summed E-state index contributed by atoms with van der Waals surface area (Å²) in [5, 5.41) is 3.09. The Morgan fingerprint density at radius 3 is 2.78 bits per heavy atom. The topological polar surface area (TPSA) is 48.5 Å². The summed E-state index contributed by atoms with van der Waals surface area (Å²) in [6.45, 7) is 3.88. The van der Waals surface area contributed by atoms with Crippen LogP contribution in [0.3, 0.4) is 0 Å². The number of carbonyl (C=O) groups excluding carboxylic acids is 1. The number of likely N-dealkylation sites (tertiary alicyclic amines) is 1. The molecule has 0 radical (unpaired) electrons. The van der Waals surface area contributed by atoms with Crippen LogP contribution in [-0.4, -0.2) is 54.0 Å². The Morgan fingerprint density at radius 2 is 2.11 bits per heavy atom. The van der Waals surface area contributed by atoms with Crippen molar-refractivity contribution in [1.29, 1.82) is 0 Å². The lowest BCUT2D eigenvalue weighted by Gasteiger charge is -2.24. The Kier molecular flexibility index (Phi) is 6.76. The zero-order valence-corrected chi connectivity index (χ0v) is 15.8. The smallest absolute Gasteiger partial charge is 0.317 e. The van der Waals surface area contributed by atoms with Crippen molar-refractivity contribution in [3.8, 4) is 0 Å². The molecule has 1 aromatic carbocycles.